The largest absolute Gasteiger partial charge is 0.357 e. The van der Waals surface area contributed by atoms with E-state index >= 15 is 0 Å². The maximum Gasteiger partial charge on any atom is 0.128 e. The molecule has 22 heavy (non-hydrogen) atoms. The molecule has 1 saturated heterocycles. The van der Waals surface area contributed by atoms with Gasteiger partial charge in [0.1, 0.15) is 5.82 Å². The van der Waals surface area contributed by atoms with Gasteiger partial charge in [0.05, 0.1) is 6.04 Å². The Kier molecular flexibility index (Phi) is 4.74. The second kappa shape index (κ2) is 6.93. The lowest BCUT2D eigenvalue weighted by molar-refractivity contribution is 0.726. The minimum absolute atomic E-state index is 0.105. The summed E-state index contributed by atoms with van der Waals surface area (Å²) >= 11 is 0. The van der Waals surface area contributed by atoms with Crippen LogP contribution in [0.5, 0.6) is 0 Å². The Bertz CT molecular complexity index is 601. The van der Waals surface area contributed by atoms with E-state index in [9.17, 15) is 0 Å². The third-order valence-corrected chi connectivity index (χ3v) is 4.56. The van der Waals surface area contributed by atoms with E-state index in [1.165, 1.54) is 31.2 Å². The molecule has 3 rings (SSSR count). The summed E-state index contributed by atoms with van der Waals surface area (Å²) in [7, 11) is 0. The molecule has 0 radical (unpaired) electrons. The van der Waals surface area contributed by atoms with Gasteiger partial charge in [-0.05, 0) is 42.5 Å². The van der Waals surface area contributed by atoms with Crippen LogP contribution in [0.1, 0.15) is 48.4 Å². The number of aryl methyl sites for hydroxylation is 1. The van der Waals surface area contributed by atoms with Crippen molar-refractivity contribution >= 4 is 5.82 Å². The van der Waals surface area contributed by atoms with Gasteiger partial charge < -0.3 is 10.6 Å². The summed E-state index contributed by atoms with van der Waals surface area (Å²) in [5.74, 6) is 1.10. The van der Waals surface area contributed by atoms with Crippen LogP contribution in [-0.2, 0) is 0 Å². The van der Waals surface area contributed by atoms with Gasteiger partial charge in [0, 0.05) is 19.3 Å². The highest BCUT2D eigenvalue weighted by molar-refractivity contribution is 5.46. The van der Waals surface area contributed by atoms with Gasteiger partial charge in [-0.3, -0.25) is 0 Å². The predicted octanol–water partition coefficient (Wildman–Crippen LogP) is 3.82. The van der Waals surface area contributed by atoms with Crippen LogP contribution in [0.2, 0.25) is 0 Å². The first-order chi connectivity index (χ1) is 10.8. The average Bonchev–Trinajstić information content (AvgIpc) is 2.84. The molecule has 1 atom stereocenters. The third kappa shape index (κ3) is 3.30. The van der Waals surface area contributed by atoms with Crippen molar-refractivity contribution in [2.75, 3.05) is 18.0 Å². The van der Waals surface area contributed by atoms with E-state index < -0.39 is 0 Å². The minimum atomic E-state index is -0.105. The highest BCUT2D eigenvalue weighted by Crippen LogP contribution is 2.25. The molecule has 0 saturated carbocycles. The minimum Gasteiger partial charge on any atom is -0.357 e. The van der Waals surface area contributed by atoms with Crippen molar-refractivity contribution in [2.45, 2.75) is 38.6 Å². The topological polar surface area (TPSA) is 42.2 Å². The molecule has 1 aromatic heterocycles. The molecule has 116 valence electrons. The molecule has 0 bridgehead atoms. The highest BCUT2D eigenvalue weighted by atomic mass is 15.2. The number of nitrogens with two attached hydrogens (primary N) is 1. The predicted molar refractivity (Wildman–Crippen MR) is 92.1 cm³/mol. The lowest BCUT2D eigenvalue weighted by atomic mass is 9.97. The smallest absolute Gasteiger partial charge is 0.128 e. The molecule has 3 heteroatoms. The van der Waals surface area contributed by atoms with Crippen LogP contribution < -0.4 is 10.6 Å². The number of rotatable bonds is 3. The number of benzene rings is 1. The molecule has 2 aromatic rings. The molecule has 1 aliphatic heterocycles. The van der Waals surface area contributed by atoms with Crippen LogP contribution in [-0.4, -0.2) is 18.1 Å². The summed E-state index contributed by atoms with van der Waals surface area (Å²) < 4.78 is 0. The van der Waals surface area contributed by atoms with Crippen molar-refractivity contribution in [3.05, 3.63) is 59.3 Å². The zero-order valence-corrected chi connectivity index (χ0v) is 13.3. The Morgan fingerprint density at radius 1 is 1.05 bits per heavy atom. The Labute approximate surface area is 133 Å². The van der Waals surface area contributed by atoms with E-state index in [4.69, 9.17) is 10.7 Å². The summed E-state index contributed by atoms with van der Waals surface area (Å²) in [6.07, 6.45) is 7.18. The SMILES string of the molecule is Cc1cc(N2CCCCCC2)ncc1C(N)c1ccccc1. The molecule has 3 nitrogen and oxygen atoms in total. The number of hydrogen-bond acceptors (Lipinski definition) is 3. The van der Waals surface area contributed by atoms with Crippen LogP contribution in [0.15, 0.2) is 42.6 Å². The first-order valence-corrected chi connectivity index (χ1v) is 8.28. The highest BCUT2D eigenvalue weighted by Gasteiger charge is 2.15. The molecule has 1 fully saturated rings. The van der Waals surface area contributed by atoms with Crippen molar-refractivity contribution in [3.63, 3.8) is 0 Å². The molecule has 1 unspecified atom stereocenters. The summed E-state index contributed by atoms with van der Waals surface area (Å²) in [4.78, 5) is 7.11. The Morgan fingerprint density at radius 2 is 1.73 bits per heavy atom. The summed E-state index contributed by atoms with van der Waals surface area (Å²) in [5, 5.41) is 0. The number of pyridine rings is 1. The van der Waals surface area contributed by atoms with Crippen LogP contribution in [0.3, 0.4) is 0 Å². The number of nitrogens with zero attached hydrogens (tertiary/aromatic N) is 2. The van der Waals surface area contributed by atoms with E-state index in [2.05, 4.69) is 30.0 Å². The fourth-order valence-electron chi connectivity index (χ4n) is 3.19. The van der Waals surface area contributed by atoms with Gasteiger partial charge in [-0.25, -0.2) is 4.98 Å². The number of hydrogen-bond donors (Lipinski definition) is 1. The lowest BCUT2D eigenvalue weighted by Crippen LogP contribution is -2.25. The Hall–Kier alpha value is -1.87. The van der Waals surface area contributed by atoms with Crippen LogP contribution in [0.25, 0.3) is 0 Å². The fraction of sp³-hybridized carbons (Fsp3) is 0.421. The molecular formula is C19H25N3. The van der Waals surface area contributed by atoms with E-state index in [1.54, 1.807) is 0 Å². The van der Waals surface area contributed by atoms with Crippen molar-refractivity contribution < 1.29 is 0 Å². The van der Waals surface area contributed by atoms with E-state index in [1.807, 2.05) is 24.4 Å². The van der Waals surface area contributed by atoms with E-state index in [0.717, 1.165) is 30.0 Å². The zero-order chi connectivity index (χ0) is 15.4. The molecule has 2 N–H and O–H groups in total. The zero-order valence-electron chi connectivity index (χ0n) is 13.3. The van der Waals surface area contributed by atoms with Crippen molar-refractivity contribution in [3.8, 4) is 0 Å². The van der Waals surface area contributed by atoms with Gasteiger partial charge in [0.2, 0.25) is 0 Å². The average molecular weight is 295 g/mol. The first-order valence-electron chi connectivity index (χ1n) is 8.28. The van der Waals surface area contributed by atoms with Crippen LogP contribution in [0.4, 0.5) is 5.82 Å². The third-order valence-electron chi connectivity index (χ3n) is 4.56. The van der Waals surface area contributed by atoms with Crippen molar-refractivity contribution in [1.82, 2.24) is 4.98 Å². The molecular weight excluding hydrogens is 270 g/mol. The molecule has 0 aliphatic carbocycles. The van der Waals surface area contributed by atoms with Crippen molar-refractivity contribution in [1.29, 1.82) is 0 Å². The maximum absolute atomic E-state index is 6.42. The summed E-state index contributed by atoms with van der Waals surface area (Å²) in [6, 6.07) is 12.3. The van der Waals surface area contributed by atoms with Gasteiger partial charge >= 0.3 is 0 Å². The fourth-order valence-corrected chi connectivity index (χ4v) is 3.19. The lowest BCUT2D eigenvalue weighted by Gasteiger charge is -2.23. The van der Waals surface area contributed by atoms with Gasteiger partial charge in [0.15, 0.2) is 0 Å². The summed E-state index contributed by atoms with van der Waals surface area (Å²) in [5.41, 5.74) is 9.89. The molecule has 1 aliphatic rings. The van der Waals surface area contributed by atoms with E-state index in [-0.39, 0.29) is 6.04 Å². The van der Waals surface area contributed by atoms with Gasteiger partial charge in [0.25, 0.3) is 0 Å². The maximum atomic E-state index is 6.42. The Balaban J connectivity index is 1.82. The molecule has 0 spiro atoms. The second-order valence-corrected chi connectivity index (χ2v) is 6.19. The monoisotopic (exact) mass is 295 g/mol. The standard InChI is InChI=1S/C19H25N3/c1-15-13-18(22-11-7-2-3-8-12-22)21-14-17(15)19(20)16-9-5-4-6-10-16/h4-6,9-10,13-14,19H,2-3,7-8,11-12,20H2,1H3. The van der Waals surface area contributed by atoms with Crippen molar-refractivity contribution in [2.24, 2.45) is 5.73 Å². The molecule has 2 heterocycles. The molecule has 0 amide bonds. The first kappa shape index (κ1) is 15.0. The van der Waals surface area contributed by atoms with Crippen LogP contribution in [0, 0.1) is 6.92 Å². The van der Waals surface area contributed by atoms with Gasteiger partial charge in [-0.15, -0.1) is 0 Å². The normalized spacial score (nSPS) is 17.1. The number of anilines is 1. The number of aromatic nitrogens is 1. The van der Waals surface area contributed by atoms with Crippen LogP contribution >= 0.6 is 0 Å². The Morgan fingerprint density at radius 3 is 2.36 bits per heavy atom. The van der Waals surface area contributed by atoms with E-state index in [0.29, 0.717) is 0 Å². The van der Waals surface area contributed by atoms with Gasteiger partial charge in [-0.2, -0.15) is 0 Å². The molecule has 1 aromatic carbocycles. The second-order valence-electron chi connectivity index (χ2n) is 6.19. The van der Waals surface area contributed by atoms with Gasteiger partial charge in [-0.1, -0.05) is 43.2 Å². The summed E-state index contributed by atoms with van der Waals surface area (Å²) in [6.45, 7) is 4.38. The quantitative estimate of drug-likeness (QED) is 0.936.